The minimum Gasteiger partial charge on any atom is -0.497 e. The topological polar surface area (TPSA) is 94.1 Å². The van der Waals surface area contributed by atoms with Crippen LogP contribution in [0.25, 0.3) is 10.2 Å². The van der Waals surface area contributed by atoms with E-state index in [1.54, 1.807) is 31.4 Å². The summed E-state index contributed by atoms with van der Waals surface area (Å²) in [4.78, 5) is 29.0. The van der Waals surface area contributed by atoms with E-state index in [1.165, 1.54) is 34.4 Å². The van der Waals surface area contributed by atoms with Gasteiger partial charge in [0.15, 0.2) is 15.1 Å². The molecule has 0 saturated carbocycles. The monoisotopic (exact) mass is 442 g/mol. The van der Waals surface area contributed by atoms with Crippen molar-refractivity contribution in [2.75, 3.05) is 18.2 Å². The molecule has 0 atom stereocenters. The molecule has 146 valence electrons. The van der Waals surface area contributed by atoms with Crippen LogP contribution in [-0.4, -0.2) is 39.7 Å². The number of benzene rings is 2. The molecular weight excluding hydrogens is 428 g/mol. The molecule has 7 nitrogen and oxygen atoms in total. The molecule has 0 radical (unpaired) electrons. The van der Waals surface area contributed by atoms with Crippen molar-refractivity contribution in [3.05, 3.63) is 59.1 Å². The van der Waals surface area contributed by atoms with E-state index < -0.39 is 0 Å². The number of hydrogen-bond acceptors (Lipinski definition) is 9. The Hall–Kier alpha value is -2.82. The van der Waals surface area contributed by atoms with Gasteiger partial charge in [0.25, 0.3) is 5.91 Å². The van der Waals surface area contributed by atoms with Crippen LogP contribution in [0.1, 0.15) is 20.2 Å². The molecule has 0 fully saturated rings. The quantitative estimate of drug-likeness (QED) is 0.258. The first-order chi connectivity index (χ1) is 14.1. The lowest BCUT2D eigenvalue weighted by atomic mass is 10.1. The maximum atomic E-state index is 12.4. The minimum atomic E-state index is -0.326. The van der Waals surface area contributed by atoms with E-state index in [1.807, 2.05) is 24.3 Å². The number of carbonyl (C=O) groups is 2. The number of thioether (sulfide) groups is 1. The summed E-state index contributed by atoms with van der Waals surface area (Å²) >= 11 is 3.82. The predicted octanol–water partition coefficient (Wildman–Crippen LogP) is 4.38. The Morgan fingerprint density at radius 2 is 1.86 bits per heavy atom. The summed E-state index contributed by atoms with van der Waals surface area (Å²) < 4.78 is 6.64. The zero-order valence-corrected chi connectivity index (χ0v) is 17.6. The fourth-order valence-electron chi connectivity index (χ4n) is 2.43. The Balaban J connectivity index is 1.35. The lowest BCUT2D eigenvalue weighted by molar-refractivity contribution is 0.101. The van der Waals surface area contributed by atoms with Crippen LogP contribution in [0.15, 0.2) is 52.9 Å². The largest absolute Gasteiger partial charge is 0.497 e. The van der Waals surface area contributed by atoms with Crippen LogP contribution >= 0.6 is 34.4 Å². The van der Waals surface area contributed by atoms with Crippen molar-refractivity contribution in [2.24, 2.45) is 0 Å². The van der Waals surface area contributed by atoms with Crippen molar-refractivity contribution in [2.45, 2.75) is 4.34 Å². The van der Waals surface area contributed by atoms with E-state index in [2.05, 4.69) is 20.5 Å². The van der Waals surface area contributed by atoms with E-state index in [9.17, 15) is 9.59 Å². The van der Waals surface area contributed by atoms with Gasteiger partial charge >= 0.3 is 0 Å². The van der Waals surface area contributed by atoms with Crippen LogP contribution in [0.5, 0.6) is 5.75 Å². The standard InChI is InChI=1S/C19H14N4O3S3/c1-26-12-8-6-11(7-9-12)14(24)10-27-19-23-22-18(29-19)21-16(25)17-20-13-4-2-3-5-15(13)28-17/h2-9H,10H2,1H3,(H,21,22,25). The highest BCUT2D eigenvalue weighted by Crippen LogP contribution is 2.28. The van der Waals surface area contributed by atoms with Crippen LogP contribution in [0.4, 0.5) is 5.13 Å². The van der Waals surface area contributed by atoms with Crippen LogP contribution in [-0.2, 0) is 0 Å². The van der Waals surface area contributed by atoms with E-state index in [0.29, 0.717) is 25.8 Å². The molecule has 2 aromatic heterocycles. The third-order valence-electron chi connectivity index (χ3n) is 3.85. The molecule has 0 unspecified atom stereocenters. The molecule has 10 heteroatoms. The number of ether oxygens (including phenoxy) is 1. The molecule has 4 aromatic rings. The first kappa shape index (κ1) is 19.5. The second-order valence-corrected chi connectivity index (χ2v) is 8.98. The first-order valence-electron chi connectivity index (χ1n) is 8.43. The van der Waals surface area contributed by atoms with Crippen LogP contribution in [0, 0.1) is 0 Å². The molecule has 0 saturated heterocycles. The van der Waals surface area contributed by atoms with Crippen molar-refractivity contribution < 1.29 is 14.3 Å². The number of aromatic nitrogens is 3. The van der Waals surface area contributed by atoms with Crippen molar-refractivity contribution >= 4 is 61.5 Å². The maximum absolute atomic E-state index is 12.4. The SMILES string of the molecule is COc1ccc(C(=O)CSc2nnc(NC(=O)c3nc4ccccc4s3)s2)cc1. The normalized spacial score (nSPS) is 10.8. The predicted molar refractivity (Wildman–Crippen MR) is 116 cm³/mol. The van der Waals surface area contributed by atoms with Crippen molar-refractivity contribution in [1.29, 1.82) is 0 Å². The second kappa shape index (κ2) is 8.68. The van der Waals surface area contributed by atoms with Crippen LogP contribution in [0.2, 0.25) is 0 Å². The Morgan fingerprint density at radius 3 is 2.62 bits per heavy atom. The molecule has 2 heterocycles. The number of carbonyl (C=O) groups excluding carboxylic acids is 2. The summed E-state index contributed by atoms with van der Waals surface area (Å²) in [5.41, 5.74) is 1.39. The fourth-order valence-corrected chi connectivity index (χ4v) is 4.93. The Morgan fingerprint density at radius 1 is 1.07 bits per heavy atom. The van der Waals surface area contributed by atoms with Crippen molar-refractivity contribution in [3.8, 4) is 5.75 Å². The van der Waals surface area contributed by atoms with Crippen molar-refractivity contribution in [3.63, 3.8) is 0 Å². The number of amides is 1. The summed E-state index contributed by atoms with van der Waals surface area (Å²) in [5.74, 6) is 0.584. The van der Waals surface area contributed by atoms with E-state index in [0.717, 1.165) is 10.2 Å². The molecule has 1 N–H and O–H groups in total. The van der Waals surface area contributed by atoms with Gasteiger partial charge in [-0.2, -0.15) is 0 Å². The number of para-hydroxylation sites is 1. The van der Waals surface area contributed by atoms with Gasteiger partial charge in [0.05, 0.1) is 23.1 Å². The average Bonchev–Trinajstić information content (AvgIpc) is 3.38. The highest BCUT2D eigenvalue weighted by Gasteiger charge is 2.15. The Bertz CT molecular complexity index is 1140. The number of fused-ring (bicyclic) bond motifs is 1. The number of nitrogens with zero attached hydrogens (tertiary/aromatic N) is 3. The molecule has 0 spiro atoms. The van der Waals surface area contributed by atoms with Crippen molar-refractivity contribution in [1.82, 2.24) is 15.2 Å². The Kier molecular flexibility index (Phi) is 5.84. The zero-order valence-electron chi connectivity index (χ0n) is 15.1. The molecule has 1 amide bonds. The summed E-state index contributed by atoms with van der Waals surface area (Å²) in [5, 5.41) is 11.4. The zero-order chi connectivity index (χ0) is 20.2. The lowest BCUT2D eigenvalue weighted by Gasteiger charge is -2.01. The molecule has 0 aliphatic rings. The van der Waals surface area contributed by atoms with Gasteiger partial charge in [-0.1, -0.05) is 35.2 Å². The molecule has 2 aromatic carbocycles. The summed E-state index contributed by atoms with van der Waals surface area (Å²) in [7, 11) is 1.58. The van der Waals surface area contributed by atoms with Gasteiger partial charge < -0.3 is 4.74 Å². The molecule has 0 bridgehead atoms. The van der Waals surface area contributed by atoms with Gasteiger partial charge in [-0.25, -0.2) is 4.98 Å². The van der Waals surface area contributed by atoms with Crippen LogP contribution < -0.4 is 10.1 Å². The number of nitrogens with one attached hydrogen (secondary N) is 1. The highest BCUT2D eigenvalue weighted by atomic mass is 32.2. The fraction of sp³-hybridized carbons (Fsp3) is 0.105. The number of rotatable bonds is 7. The molecule has 0 aliphatic heterocycles. The Labute approximate surface area is 178 Å². The number of Topliss-reactive ketones (excluding diaryl/α,β-unsaturated/α-hetero) is 1. The number of methoxy groups -OCH3 is 1. The van der Waals surface area contributed by atoms with E-state index in [4.69, 9.17) is 4.74 Å². The second-order valence-electron chi connectivity index (χ2n) is 5.75. The summed E-state index contributed by atoms with van der Waals surface area (Å²) in [6.45, 7) is 0. The number of anilines is 1. The highest BCUT2D eigenvalue weighted by molar-refractivity contribution is 8.01. The molecular formula is C19H14N4O3S3. The summed E-state index contributed by atoms with van der Waals surface area (Å²) in [6, 6.07) is 14.5. The van der Waals surface area contributed by atoms with Gasteiger partial charge in [0.2, 0.25) is 5.13 Å². The molecule has 29 heavy (non-hydrogen) atoms. The third kappa shape index (κ3) is 4.61. The van der Waals surface area contributed by atoms with Crippen LogP contribution in [0.3, 0.4) is 0 Å². The minimum absolute atomic E-state index is 0.0204. The molecule has 4 rings (SSSR count). The van der Waals surface area contributed by atoms with Gasteiger partial charge in [-0.15, -0.1) is 21.5 Å². The molecule has 0 aliphatic carbocycles. The number of thiazole rings is 1. The average molecular weight is 443 g/mol. The first-order valence-corrected chi connectivity index (χ1v) is 11.0. The van der Waals surface area contributed by atoms with E-state index >= 15 is 0 Å². The summed E-state index contributed by atoms with van der Waals surface area (Å²) in [6.07, 6.45) is 0. The van der Waals surface area contributed by atoms with Gasteiger partial charge in [0.1, 0.15) is 5.75 Å². The number of hydrogen-bond donors (Lipinski definition) is 1. The third-order valence-corrected chi connectivity index (χ3v) is 6.86. The number of ketones is 1. The van der Waals surface area contributed by atoms with E-state index in [-0.39, 0.29) is 17.4 Å². The van der Waals surface area contributed by atoms with Gasteiger partial charge in [0, 0.05) is 5.56 Å². The maximum Gasteiger partial charge on any atom is 0.286 e. The van der Waals surface area contributed by atoms with Gasteiger partial charge in [-0.05, 0) is 36.4 Å². The lowest BCUT2D eigenvalue weighted by Crippen LogP contribution is -2.11. The van der Waals surface area contributed by atoms with Gasteiger partial charge in [-0.3, -0.25) is 14.9 Å². The smallest absolute Gasteiger partial charge is 0.286 e.